The maximum Gasteiger partial charge on any atom is 0.472 e. The summed E-state index contributed by atoms with van der Waals surface area (Å²) in [6.45, 7) is 3.59. The van der Waals surface area contributed by atoms with Crippen molar-refractivity contribution in [2.45, 2.75) is 154 Å². The first-order chi connectivity index (χ1) is 26.5. The van der Waals surface area contributed by atoms with E-state index in [9.17, 15) is 38.9 Å². The minimum atomic E-state index is -4.89. The molecule has 0 spiro atoms. The van der Waals surface area contributed by atoms with Gasteiger partial charge in [0.05, 0.1) is 32.0 Å². The van der Waals surface area contributed by atoms with E-state index in [1.807, 2.05) is 24.3 Å². The van der Waals surface area contributed by atoms with Crippen LogP contribution in [0, 0.1) is 5.92 Å². The summed E-state index contributed by atoms with van der Waals surface area (Å²) >= 11 is 0. The molecule has 0 aromatic heterocycles. The predicted octanol–water partition coefficient (Wildman–Crippen LogP) is 7.30. The molecule has 0 aromatic carbocycles. The van der Waals surface area contributed by atoms with Gasteiger partial charge in [-0.25, -0.2) is 9.13 Å². The van der Waals surface area contributed by atoms with Gasteiger partial charge >= 0.3 is 27.6 Å². The van der Waals surface area contributed by atoms with Crippen molar-refractivity contribution in [3.63, 3.8) is 0 Å². The minimum absolute atomic E-state index is 0.118. The van der Waals surface area contributed by atoms with Crippen LogP contribution in [0.5, 0.6) is 0 Å². The van der Waals surface area contributed by atoms with E-state index in [1.54, 1.807) is 24.3 Å². The molecule has 15 nitrogen and oxygen atoms in total. The molecule has 6 N–H and O–H groups in total. The molecule has 0 heterocycles. The molecule has 0 rings (SSSR count). The van der Waals surface area contributed by atoms with E-state index >= 15 is 0 Å². The highest BCUT2D eigenvalue weighted by Crippen LogP contribution is 2.43. The highest BCUT2D eigenvalue weighted by atomic mass is 31.2. The third-order valence-corrected chi connectivity index (χ3v) is 9.53. The monoisotopic (exact) mass is 840 g/mol. The van der Waals surface area contributed by atoms with Crippen LogP contribution in [-0.2, 0) is 41.8 Å². The first-order valence-electron chi connectivity index (χ1n) is 19.9. The van der Waals surface area contributed by atoms with E-state index in [2.05, 4.69) is 29.8 Å². The molecule has 0 aromatic rings. The number of esters is 2. The van der Waals surface area contributed by atoms with Crippen molar-refractivity contribution in [2.75, 3.05) is 26.4 Å². The van der Waals surface area contributed by atoms with Gasteiger partial charge in [-0.2, -0.15) is 0 Å². The van der Waals surface area contributed by atoms with Crippen molar-refractivity contribution in [1.82, 2.24) is 0 Å². The Kier molecular flexibility index (Phi) is 32.7. The first kappa shape index (κ1) is 54.0. The van der Waals surface area contributed by atoms with Crippen LogP contribution >= 0.6 is 15.6 Å². The molecule has 56 heavy (non-hydrogen) atoms. The molecule has 0 aliphatic rings. The molecular formula is C39H70O15P2. The van der Waals surface area contributed by atoms with E-state index < -0.39 is 78.4 Å². The number of aliphatic hydroxyl groups is 3. The maximum atomic E-state index is 12.6. The van der Waals surface area contributed by atoms with Gasteiger partial charge in [0.2, 0.25) is 0 Å². The summed E-state index contributed by atoms with van der Waals surface area (Å²) in [6, 6.07) is 0. The van der Waals surface area contributed by atoms with Gasteiger partial charge in [0, 0.05) is 12.8 Å². The van der Waals surface area contributed by atoms with Crippen LogP contribution in [-0.4, -0.2) is 92.8 Å². The molecule has 0 saturated heterocycles. The zero-order valence-electron chi connectivity index (χ0n) is 33.6. The van der Waals surface area contributed by atoms with E-state index in [0.29, 0.717) is 18.8 Å². The largest absolute Gasteiger partial charge is 0.472 e. The van der Waals surface area contributed by atoms with Crippen LogP contribution in [0.15, 0.2) is 48.6 Å². The SMILES string of the molecule is CCCCC[C@@H](O)/C=C/C=C\C/C=C\C=C\[C@@H](O)CCCC(=O)O[C@H](COC(=O)CCCCCCCCCC(C)C)COP(=O)(O)OC[C@@H](O)COP(=O)(O)O. The van der Waals surface area contributed by atoms with Crippen molar-refractivity contribution in [1.29, 1.82) is 0 Å². The molecule has 0 amide bonds. The van der Waals surface area contributed by atoms with Crippen LogP contribution in [0.1, 0.15) is 130 Å². The number of phosphoric acid groups is 2. The number of carbonyl (C=O) groups excluding carboxylic acids is 2. The highest BCUT2D eigenvalue weighted by molar-refractivity contribution is 7.47. The highest BCUT2D eigenvalue weighted by Gasteiger charge is 2.28. The van der Waals surface area contributed by atoms with Gasteiger partial charge in [0.25, 0.3) is 0 Å². The molecule has 0 aliphatic carbocycles. The molecule has 0 fully saturated rings. The Morgan fingerprint density at radius 3 is 1.71 bits per heavy atom. The van der Waals surface area contributed by atoms with Crippen LogP contribution < -0.4 is 0 Å². The molecule has 0 saturated carbocycles. The second-order valence-corrected chi connectivity index (χ2v) is 16.8. The van der Waals surface area contributed by atoms with Crippen molar-refractivity contribution in [3.8, 4) is 0 Å². The number of unbranched alkanes of at least 4 members (excludes halogenated alkanes) is 8. The Balaban J connectivity index is 4.82. The zero-order chi connectivity index (χ0) is 42.1. The second-order valence-electron chi connectivity index (χ2n) is 14.1. The topological polar surface area (TPSA) is 236 Å². The van der Waals surface area contributed by atoms with Crippen LogP contribution in [0.3, 0.4) is 0 Å². The lowest BCUT2D eigenvalue weighted by Crippen LogP contribution is -2.30. The normalized spacial score (nSPS) is 15.9. The number of allylic oxidation sites excluding steroid dienone is 6. The predicted molar refractivity (Wildman–Crippen MR) is 214 cm³/mol. The Hall–Kier alpha value is -2.00. The van der Waals surface area contributed by atoms with E-state index in [4.69, 9.17) is 23.8 Å². The van der Waals surface area contributed by atoms with Gasteiger partial charge in [-0.1, -0.05) is 134 Å². The molecule has 0 bridgehead atoms. The third kappa shape index (κ3) is 37.6. The van der Waals surface area contributed by atoms with Gasteiger partial charge in [-0.3, -0.25) is 23.2 Å². The number of hydrogen-bond acceptors (Lipinski definition) is 12. The quantitative estimate of drug-likeness (QED) is 0.0157. The second kappa shape index (κ2) is 33.9. The summed E-state index contributed by atoms with van der Waals surface area (Å²) in [7, 11) is -9.75. The molecular weight excluding hydrogens is 770 g/mol. The van der Waals surface area contributed by atoms with E-state index in [-0.39, 0.29) is 25.7 Å². The summed E-state index contributed by atoms with van der Waals surface area (Å²) in [6.07, 6.45) is 23.6. The Morgan fingerprint density at radius 2 is 1.12 bits per heavy atom. The fourth-order valence-electron chi connectivity index (χ4n) is 4.98. The summed E-state index contributed by atoms with van der Waals surface area (Å²) in [5.41, 5.74) is 0. The molecule has 326 valence electrons. The number of ether oxygens (including phenoxy) is 2. The fourth-order valence-corrected chi connectivity index (χ4v) is 6.14. The number of aliphatic hydroxyl groups excluding tert-OH is 3. The summed E-state index contributed by atoms with van der Waals surface area (Å²) in [5, 5.41) is 29.9. The number of hydrogen-bond donors (Lipinski definition) is 6. The average Bonchev–Trinajstić information content (AvgIpc) is 3.12. The lowest BCUT2D eigenvalue weighted by atomic mass is 10.0. The number of rotatable bonds is 36. The van der Waals surface area contributed by atoms with Gasteiger partial charge < -0.3 is 39.5 Å². The van der Waals surface area contributed by atoms with Crippen LogP contribution in [0.4, 0.5) is 0 Å². The molecule has 0 radical (unpaired) electrons. The zero-order valence-corrected chi connectivity index (χ0v) is 35.4. The number of phosphoric ester groups is 2. The fraction of sp³-hybridized carbons (Fsp3) is 0.744. The Labute approximate surface area is 334 Å². The average molecular weight is 841 g/mol. The summed E-state index contributed by atoms with van der Waals surface area (Å²) in [4.78, 5) is 52.5. The number of carbonyl (C=O) groups is 2. The molecule has 0 aliphatic heterocycles. The lowest BCUT2D eigenvalue weighted by Gasteiger charge is -2.20. The van der Waals surface area contributed by atoms with Gasteiger partial charge in [-0.15, -0.1) is 0 Å². The maximum absolute atomic E-state index is 12.6. The van der Waals surface area contributed by atoms with E-state index in [1.165, 1.54) is 19.3 Å². The van der Waals surface area contributed by atoms with Crippen LogP contribution in [0.2, 0.25) is 0 Å². The first-order valence-corrected chi connectivity index (χ1v) is 22.9. The molecule has 17 heteroatoms. The molecule has 1 unspecified atom stereocenters. The molecule has 5 atom stereocenters. The van der Waals surface area contributed by atoms with Crippen molar-refractivity contribution < 1.29 is 71.8 Å². The standard InChI is InChI=1S/C39H70O15P2/c1-4-5-16-23-34(40)24-18-13-9-7-10-14-19-25-35(41)26-21-28-39(44)54-37(32-53-56(48,49)52-30-36(42)29-51-55(45,46)47)31-50-38(43)27-20-15-11-6-8-12-17-22-33(2)3/h9-10,13-14,18-19,24-25,33-37,40-42H,4-8,11-12,15-17,20-23,26-32H2,1-3H3,(H,48,49)(H2,45,46,47)/b13-9-,14-10-,24-18+,25-19+/t34-,35-,36+,37-/m1/s1. The Morgan fingerprint density at radius 1 is 0.607 bits per heavy atom. The third-order valence-electron chi connectivity index (χ3n) is 8.10. The van der Waals surface area contributed by atoms with E-state index in [0.717, 1.165) is 51.4 Å². The smallest absolute Gasteiger partial charge is 0.462 e. The van der Waals surface area contributed by atoms with Gasteiger partial charge in [0.1, 0.15) is 12.7 Å². The van der Waals surface area contributed by atoms with Gasteiger partial charge in [-0.05, 0) is 38.0 Å². The summed E-state index contributed by atoms with van der Waals surface area (Å²) in [5.74, 6) is -0.562. The van der Waals surface area contributed by atoms with Crippen molar-refractivity contribution >= 4 is 27.6 Å². The van der Waals surface area contributed by atoms with Crippen LogP contribution in [0.25, 0.3) is 0 Å². The summed E-state index contributed by atoms with van der Waals surface area (Å²) < 4.78 is 47.4. The lowest BCUT2D eigenvalue weighted by molar-refractivity contribution is -0.161. The minimum Gasteiger partial charge on any atom is -0.462 e. The van der Waals surface area contributed by atoms with Gasteiger partial charge in [0.15, 0.2) is 6.10 Å². The Bertz CT molecular complexity index is 1230. The van der Waals surface area contributed by atoms with Crippen molar-refractivity contribution in [3.05, 3.63) is 48.6 Å². The van der Waals surface area contributed by atoms with Crippen molar-refractivity contribution in [2.24, 2.45) is 5.92 Å².